The van der Waals surface area contributed by atoms with Crippen molar-refractivity contribution in [3.63, 3.8) is 0 Å². The fourth-order valence-corrected chi connectivity index (χ4v) is 4.61. The second-order valence-corrected chi connectivity index (χ2v) is 8.36. The van der Waals surface area contributed by atoms with Crippen LogP contribution in [0.3, 0.4) is 0 Å². The molecular weight excluding hydrogens is 374 g/mol. The van der Waals surface area contributed by atoms with Crippen LogP contribution < -0.4 is 5.32 Å². The summed E-state index contributed by atoms with van der Waals surface area (Å²) in [6.07, 6.45) is 6.35. The maximum Gasteiger partial charge on any atom is 0.249 e. The van der Waals surface area contributed by atoms with Crippen LogP contribution in [0.1, 0.15) is 49.9 Å². The van der Waals surface area contributed by atoms with Crippen LogP contribution in [0.15, 0.2) is 42.6 Å². The quantitative estimate of drug-likeness (QED) is 0.847. The summed E-state index contributed by atoms with van der Waals surface area (Å²) in [5.41, 5.74) is 1.70. The van der Waals surface area contributed by atoms with Gasteiger partial charge in [-0.15, -0.1) is 0 Å². The lowest BCUT2D eigenvalue weighted by Gasteiger charge is -2.38. The highest BCUT2D eigenvalue weighted by molar-refractivity contribution is 6.31. The van der Waals surface area contributed by atoms with Gasteiger partial charge in [-0.25, -0.2) is 0 Å². The molecule has 1 aliphatic heterocycles. The topological polar surface area (TPSA) is 54.3 Å². The van der Waals surface area contributed by atoms with Gasteiger partial charge < -0.3 is 14.8 Å². The largest absolute Gasteiger partial charge is 0.351 e. The summed E-state index contributed by atoms with van der Waals surface area (Å²) in [4.78, 5) is 27.9. The van der Waals surface area contributed by atoms with E-state index in [-0.39, 0.29) is 24.4 Å². The lowest BCUT2D eigenvalue weighted by Crippen LogP contribution is -2.51. The Labute approximate surface area is 170 Å². The van der Waals surface area contributed by atoms with Gasteiger partial charge in [0.2, 0.25) is 11.8 Å². The number of nitrogens with one attached hydrogen (secondary N) is 1. The minimum absolute atomic E-state index is 0.0690. The number of nitrogens with zero attached hydrogens (tertiary/aromatic N) is 2. The van der Waals surface area contributed by atoms with E-state index in [4.69, 9.17) is 11.6 Å². The molecule has 0 radical (unpaired) electrons. The maximum absolute atomic E-state index is 13.4. The molecule has 1 fully saturated rings. The second-order valence-electron chi connectivity index (χ2n) is 7.95. The molecule has 6 heteroatoms. The Hall–Kier alpha value is -2.27. The van der Waals surface area contributed by atoms with Crippen LogP contribution in [0.4, 0.5) is 0 Å². The second kappa shape index (κ2) is 8.00. The van der Waals surface area contributed by atoms with Crippen LogP contribution in [0, 0.1) is 5.92 Å². The van der Waals surface area contributed by atoms with Gasteiger partial charge in [0.1, 0.15) is 6.54 Å². The predicted octanol–water partition coefficient (Wildman–Crippen LogP) is 3.92. The number of hydrogen-bond acceptors (Lipinski definition) is 2. The Balaban J connectivity index is 1.63. The van der Waals surface area contributed by atoms with Gasteiger partial charge in [-0.1, -0.05) is 49.6 Å². The summed E-state index contributed by atoms with van der Waals surface area (Å²) >= 11 is 6.33. The number of carbonyl (C=O) groups excluding carboxylic acids is 2. The third-order valence-electron chi connectivity index (χ3n) is 6.07. The summed E-state index contributed by atoms with van der Waals surface area (Å²) in [6.45, 7) is 2.76. The first kappa shape index (κ1) is 19.1. The molecule has 1 saturated carbocycles. The third-order valence-corrected chi connectivity index (χ3v) is 6.44. The number of halogens is 1. The Morgan fingerprint density at radius 3 is 2.75 bits per heavy atom. The Kier molecular flexibility index (Phi) is 5.44. The fourth-order valence-electron chi connectivity index (χ4n) is 4.42. The van der Waals surface area contributed by atoms with Crippen LogP contribution in [-0.2, 0) is 22.7 Å². The van der Waals surface area contributed by atoms with Gasteiger partial charge in [0, 0.05) is 23.8 Å². The van der Waals surface area contributed by atoms with Crippen molar-refractivity contribution in [2.75, 3.05) is 0 Å². The predicted molar refractivity (Wildman–Crippen MR) is 109 cm³/mol. The lowest BCUT2D eigenvalue weighted by molar-refractivity contribution is -0.145. The van der Waals surface area contributed by atoms with Crippen molar-refractivity contribution in [3.8, 4) is 0 Å². The van der Waals surface area contributed by atoms with E-state index in [1.54, 1.807) is 4.90 Å². The number of benzene rings is 1. The molecule has 2 amide bonds. The van der Waals surface area contributed by atoms with E-state index in [0.717, 1.165) is 30.5 Å². The van der Waals surface area contributed by atoms with E-state index in [9.17, 15) is 9.59 Å². The van der Waals surface area contributed by atoms with Gasteiger partial charge in [-0.3, -0.25) is 9.59 Å². The lowest BCUT2D eigenvalue weighted by atomic mass is 9.85. The summed E-state index contributed by atoms with van der Waals surface area (Å²) in [7, 11) is 0. The van der Waals surface area contributed by atoms with Gasteiger partial charge in [0.05, 0.1) is 5.69 Å². The number of carbonyl (C=O) groups is 2. The molecule has 3 atom stereocenters. The van der Waals surface area contributed by atoms with Crippen LogP contribution in [0.25, 0.3) is 0 Å². The zero-order chi connectivity index (χ0) is 19.7. The van der Waals surface area contributed by atoms with Crippen molar-refractivity contribution in [1.82, 2.24) is 14.8 Å². The van der Waals surface area contributed by atoms with E-state index in [0.29, 0.717) is 17.5 Å². The van der Waals surface area contributed by atoms with E-state index in [2.05, 4.69) is 12.2 Å². The van der Waals surface area contributed by atoms with E-state index in [1.165, 1.54) is 6.42 Å². The number of aromatic nitrogens is 1. The zero-order valence-corrected chi connectivity index (χ0v) is 16.9. The average molecular weight is 400 g/mol. The normalized spacial score (nSPS) is 24.7. The average Bonchev–Trinajstić information content (AvgIpc) is 3.13. The molecule has 0 bridgehead atoms. The molecule has 0 spiro atoms. The number of fused-ring (bicyclic) bond motifs is 1. The first-order valence-corrected chi connectivity index (χ1v) is 10.4. The van der Waals surface area contributed by atoms with Gasteiger partial charge in [-0.2, -0.15) is 0 Å². The van der Waals surface area contributed by atoms with Gasteiger partial charge in [0.25, 0.3) is 0 Å². The van der Waals surface area contributed by atoms with Crippen molar-refractivity contribution in [3.05, 3.63) is 58.9 Å². The van der Waals surface area contributed by atoms with Crippen LogP contribution >= 0.6 is 11.6 Å². The smallest absolute Gasteiger partial charge is 0.249 e. The van der Waals surface area contributed by atoms with Crippen LogP contribution in [-0.4, -0.2) is 27.3 Å². The first-order valence-electron chi connectivity index (χ1n) is 10.0. The molecule has 2 heterocycles. The van der Waals surface area contributed by atoms with E-state index in [1.807, 2.05) is 47.2 Å². The molecule has 148 valence electrons. The fraction of sp³-hybridized carbons (Fsp3) is 0.455. The molecule has 1 N–H and O–H groups in total. The highest BCUT2D eigenvalue weighted by Gasteiger charge is 2.38. The highest BCUT2D eigenvalue weighted by atomic mass is 35.5. The summed E-state index contributed by atoms with van der Waals surface area (Å²) in [6, 6.07) is 10.8. The maximum atomic E-state index is 13.4. The molecule has 1 aromatic carbocycles. The minimum Gasteiger partial charge on any atom is -0.351 e. The third kappa shape index (κ3) is 3.68. The number of rotatable bonds is 4. The molecule has 0 saturated heterocycles. The monoisotopic (exact) mass is 399 g/mol. The molecule has 0 unspecified atom stereocenters. The Bertz CT molecular complexity index is 878. The molecule has 5 nitrogen and oxygen atoms in total. The van der Waals surface area contributed by atoms with Gasteiger partial charge in [0.15, 0.2) is 6.04 Å². The van der Waals surface area contributed by atoms with Gasteiger partial charge >= 0.3 is 0 Å². The zero-order valence-electron chi connectivity index (χ0n) is 16.1. The summed E-state index contributed by atoms with van der Waals surface area (Å²) in [5.74, 6) is 0.292. The van der Waals surface area contributed by atoms with Gasteiger partial charge in [-0.05, 0) is 42.5 Å². The summed E-state index contributed by atoms with van der Waals surface area (Å²) in [5, 5.41) is 3.85. The SMILES string of the molecule is C[C@@H]1CCCC[C@H]1NC(=O)[C@H]1c2cccn2CC(=O)N1Cc1ccccc1Cl. The van der Waals surface area contributed by atoms with Crippen molar-refractivity contribution >= 4 is 23.4 Å². The standard InChI is InChI=1S/C22H26ClN3O2/c1-15-7-2-5-10-18(15)24-22(28)21-19-11-6-12-25(19)14-20(27)26(21)13-16-8-3-4-9-17(16)23/h3-4,6,8-9,11-12,15,18,21H,2,5,7,10,13-14H2,1H3,(H,24,28)/t15-,18-,21-/m1/s1. The van der Waals surface area contributed by atoms with Crippen molar-refractivity contribution in [1.29, 1.82) is 0 Å². The Morgan fingerprint density at radius 1 is 1.18 bits per heavy atom. The highest BCUT2D eigenvalue weighted by Crippen LogP contribution is 2.31. The number of amides is 2. The van der Waals surface area contributed by atoms with Crippen LogP contribution in [0.2, 0.25) is 5.02 Å². The van der Waals surface area contributed by atoms with Crippen molar-refractivity contribution < 1.29 is 9.59 Å². The Morgan fingerprint density at radius 2 is 1.96 bits per heavy atom. The number of hydrogen-bond donors (Lipinski definition) is 1. The first-order chi connectivity index (χ1) is 13.5. The molecule has 2 aromatic rings. The summed E-state index contributed by atoms with van der Waals surface area (Å²) < 4.78 is 1.87. The van der Waals surface area contributed by atoms with Crippen LogP contribution in [0.5, 0.6) is 0 Å². The minimum atomic E-state index is -0.637. The van der Waals surface area contributed by atoms with E-state index >= 15 is 0 Å². The van der Waals surface area contributed by atoms with E-state index < -0.39 is 6.04 Å². The molecular formula is C22H26ClN3O2. The molecule has 1 aliphatic carbocycles. The van der Waals surface area contributed by atoms with Crippen molar-refractivity contribution in [2.24, 2.45) is 5.92 Å². The molecule has 2 aliphatic rings. The molecule has 1 aromatic heterocycles. The van der Waals surface area contributed by atoms with Crippen molar-refractivity contribution in [2.45, 2.75) is 57.8 Å². The molecule has 28 heavy (non-hydrogen) atoms. The molecule has 4 rings (SSSR count).